The van der Waals surface area contributed by atoms with Crippen LogP contribution in [-0.4, -0.2) is 18.6 Å². The van der Waals surface area contributed by atoms with Crippen molar-refractivity contribution in [2.24, 2.45) is 15.8 Å². The number of hydrogen-bond acceptors (Lipinski definition) is 3. The van der Waals surface area contributed by atoms with Crippen molar-refractivity contribution in [3.63, 3.8) is 0 Å². The molecule has 0 radical (unpaired) electrons. The summed E-state index contributed by atoms with van der Waals surface area (Å²) in [4.78, 5) is 17.9. The highest BCUT2D eigenvalue weighted by atomic mass is 16.5. The molecule has 2 rings (SSSR count). The minimum absolute atomic E-state index is 0.101. The molecule has 1 aliphatic carbocycles. The van der Waals surface area contributed by atoms with Crippen molar-refractivity contribution < 1.29 is 9.53 Å². The number of benzene rings is 1. The van der Waals surface area contributed by atoms with Crippen molar-refractivity contribution in [1.82, 2.24) is 0 Å². The van der Waals surface area contributed by atoms with Crippen LogP contribution >= 0.6 is 0 Å². The van der Waals surface area contributed by atoms with Gasteiger partial charge in [-0.3, -0.25) is 4.79 Å². The second kappa shape index (κ2) is 8.91. The predicted molar refractivity (Wildman–Crippen MR) is 128 cm³/mol. The minimum atomic E-state index is -0.153. The molecule has 0 saturated carbocycles. The molecule has 0 unspecified atom stereocenters. The van der Waals surface area contributed by atoms with Crippen molar-refractivity contribution in [3.8, 4) is 0 Å². The van der Waals surface area contributed by atoms with Crippen LogP contribution in [0.1, 0.15) is 91.7 Å². The molecule has 0 aliphatic heterocycles. The quantitative estimate of drug-likeness (QED) is 0.456. The van der Waals surface area contributed by atoms with Crippen LogP contribution < -0.4 is 0 Å². The summed E-state index contributed by atoms with van der Waals surface area (Å²) in [5, 5.41) is 0. The summed E-state index contributed by atoms with van der Waals surface area (Å²) in [7, 11) is 1.63. The zero-order valence-corrected chi connectivity index (χ0v) is 20.5. The zero-order valence-electron chi connectivity index (χ0n) is 20.5. The maximum absolute atomic E-state index is 13.0. The predicted octanol–water partition coefficient (Wildman–Crippen LogP) is 7.51. The molecule has 0 saturated heterocycles. The summed E-state index contributed by atoms with van der Waals surface area (Å²) >= 11 is 0. The first kappa shape index (κ1) is 24.1. The summed E-state index contributed by atoms with van der Waals surface area (Å²) < 4.78 is 5.61. The number of para-hydroxylation sites is 1. The minimum Gasteiger partial charge on any atom is -0.496 e. The van der Waals surface area contributed by atoms with Crippen molar-refractivity contribution in [1.29, 1.82) is 0 Å². The molecule has 0 fully saturated rings. The molecule has 3 heteroatoms. The average Bonchev–Trinajstić information content (AvgIpc) is 2.60. The summed E-state index contributed by atoms with van der Waals surface area (Å²) in [6, 6.07) is 6.33. The summed E-state index contributed by atoms with van der Waals surface area (Å²) in [5.41, 5.74) is 4.80. The lowest BCUT2D eigenvalue weighted by molar-refractivity contribution is -0.109. The van der Waals surface area contributed by atoms with E-state index in [2.05, 4.69) is 80.5 Å². The third-order valence-corrected chi connectivity index (χ3v) is 5.56. The largest absolute Gasteiger partial charge is 0.496 e. The Morgan fingerprint density at radius 1 is 0.933 bits per heavy atom. The van der Waals surface area contributed by atoms with Gasteiger partial charge in [0.05, 0.1) is 12.8 Å². The first-order valence-electron chi connectivity index (χ1n) is 11.0. The van der Waals surface area contributed by atoms with Crippen molar-refractivity contribution in [2.75, 3.05) is 7.11 Å². The fourth-order valence-corrected chi connectivity index (χ4v) is 4.52. The molecular weight excluding hydrogens is 370 g/mol. The second-order valence-electron chi connectivity index (χ2n) is 10.8. The van der Waals surface area contributed by atoms with Crippen molar-refractivity contribution in [3.05, 3.63) is 52.8 Å². The Kier molecular flexibility index (Phi) is 7.16. The molecule has 3 nitrogen and oxygen atoms in total. The van der Waals surface area contributed by atoms with Crippen LogP contribution in [0.15, 0.2) is 46.7 Å². The molecule has 30 heavy (non-hydrogen) atoms. The number of rotatable bonds is 6. The molecule has 164 valence electrons. The van der Waals surface area contributed by atoms with E-state index in [-0.39, 0.29) is 16.6 Å². The highest BCUT2D eigenvalue weighted by molar-refractivity contribution is 6.49. The monoisotopic (exact) mass is 409 g/mol. The molecule has 1 aromatic carbocycles. The Bertz CT molecular complexity index is 864. The standard InChI is InChI=1S/C27H39NO2/c1-17(2)19-12-11-13-20(18(3)4)25(19)28-22-14-21(24(30-10)15-23(22)29)27(8,9)16-26(5,6)7/h11-15,17-18H,16H2,1-10H3. The topological polar surface area (TPSA) is 38.7 Å². The average molecular weight is 410 g/mol. The van der Waals surface area contributed by atoms with E-state index in [1.165, 1.54) is 11.1 Å². The van der Waals surface area contributed by atoms with Crippen LogP contribution in [0.3, 0.4) is 0 Å². The van der Waals surface area contributed by atoms with Crippen molar-refractivity contribution in [2.45, 2.75) is 80.6 Å². The van der Waals surface area contributed by atoms with Gasteiger partial charge in [-0.05, 0) is 46.3 Å². The molecule has 1 aromatic rings. The molecule has 0 aromatic heterocycles. The number of ether oxygens (including phenoxy) is 1. The number of allylic oxidation sites excluding steroid dienone is 3. The maximum Gasteiger partial charge on any atom is 0.207 e. The SMILES string of the molecule is COC1=CC(=O)C(=Nc2c(C(C)C)cccc2C(C)C)C=C1C(C)(C)CC(C)(C)C. The van der Waals surface area contributed by atoms with Crippen LogP contribution in [0.5, 0.6) is 0 Å². The van der Waals surface area contributed by atoms with E-state index in [0.29, 0.717) is 23.3 Å². The van der Waals surface area contributed by atoms with Gasteiger partial charge < -0.3 is 4.74 Å². The summed E-state index contributed by atoms with van der Waals surface area (Å²) in [5.74, 6) is 1.20. The molecule has 0 heterocycles. The fourth-order valence-electron chi connectivity index (χ4n) is 4.52. The van der Waals surface area contributed by atoms with Gasteiger partial charge in [0.15, 0.2) is 0 Å². The molecule has 0 atom stereocenters. The Hall–Kier alpha value is -2.16. The fraction of sp³-hybridized carbons (Fsp3) is 0.556. The van der Waals surface area contributed by atoms with E-state index in [0.717, 1.165) is 17.7 Å². The molecule has 0 spiro atoms. The van der Waals surface area contributed by atoms with Gasteiger partial charge in [0.1, 0.15) is 11.5 Å². The van der Waals surface area contributed by atoms with Gasteiger partial charge >= 0.3 is 0 Å². The van der Waals surface area contributed by atoms with Crippen LogP contribution in [-0.2, 0) is 9.53 Å². The van der Waals surface area contributed by atoms with E-state index in [9.17, 15) is 4.79 Å². The molecule has 1 aliphatic rings. The highest BCUT2D eigenvalue weighted by Crippen LogP contribution is 2.43. The van der Waals surface area contributed by atoms with E-state index in [1.54, 1.807) is 13.2 Å². The summed E-state index contributed by atoms with van der Waals surface area (Å²) in [6.07, 6.45) is 4.52. The Labute approximate surface area is 183 Å². The number of carbonyl (C=O) groups is 1. The third-order valence-electron chi connectivity index (χ3n) is 5.56. The van der Waals surface area contributed by atoms with Crippen LogP contribution in [0.2, 0.25) is 0 Å². The van der Waals surface area contributed by atoms with Gasteiger partial charge in [-0.25, -0.2) is 4.99 Å². The van der Waals surface area contributed by atoms with Gasteiger partial charge in [0.25, 0.3) is 0 Å². The highest BCUT2D eigenvalue weighted by Gasteiger charge is 2.34. The third kappa shape index (κ3) is 5.50. The number of ketones is 1. The lowest BCUT2D eigenvalue weighted by Gasteiger charge is -2.36. The van der Waals surface area contributed by atoms with Crippen LogP contribution in [0.4, 0.5) is 5.69 Å². The van der Waals surface area contributed by atoms with Crippen LogP contribution in [0.25, 0.3) is 0 Å². The number of hydrogen-bond donors (Lipinski definition) is 0. The molecular formula is C27H39NO2. The Morgan fingerprint density at radius 3 is 1.90 bits per heavy atom. The van der Waals surface area contributed by atoms with Gasteiger partial charge in [0, 0.05) is 11.6 Å². The van der Waals surface area contributed by atoms with Gasteiger partial charge in [-0.15, -0.1) is 0 Å². The first-order chi connectivity index (χ1) is 13.8. The number of nitrogens with zero attached hydrogens (tertiary/aromatic N) is 1. The van der Waals surface area contributed by atoms with Crippen molar-refractivity contribution >= 4 is 17.2 Å². The Balaban J connectivity index is 2.68. The lowest BCUT2D eigenvalue weighted by Crippen LogP contribution is -2.28. The number of methoxy groups -OCH3 is 1. The second-order valence-corrected chi connectivity index (χ2v) is 10.8. The van der Waals surface area contributed by atoms with Crippen LogP contribution in [0, 0.1) is 10.8 Å². The molecule has 0 N–H and O–H groups in total. The Morgan fingerprint density at radius 2 is 1.47 bits per heavy atom. The molecule has 0 bridgehead atoms. The normalized spacial score (nSPS) is 16.9. The van der Waals surface area contributed by atoms with Gasteiger partial charge in [-0.2, -0.15) is 0 Å². The zero-order chi connectivity index (χ0) is 22.9. The van der Waals surface area contributed by atoms with Gasteiger partial charge in [0.2, 0.25) is 5.78 Å². The lowest BCUT2D eigenvalue weighted by atomic mass is 9.70. The van der Waals surface area contributed by atoms with Gasteiger partial charge in [-0.1, -0.05) is 80.5 Å². The van der Waals surface area contributed by atoms with E-state index >= 15 is 0 Å². The maximum atomic E-state index is 13.0. The smallest absolute Gasteiger partial charge is 0.207 e. The van der Waals surface area contributed by atoms with E-state index in [4.69, 9.17) is 9.73 Å². The van der Waals surface area contributed by atoms with E-state index in [1.807, 2.05) is 6.08 Å². The molecule has 0 amide bonds. The number of aliphatic imine (C=N–C) groups is 1. The summed E-state index contributed by atoms with van der Waals surface area (Å²) in [6.45, 7) is 19.8. The first-order valence-corrected chi connectivity index (χ1v) is 11.0. The number of carbonyl (C=O) groups excluding carboxylic acids is 1. The van der Waals surface area contributed by atoms with E-state index < -0.39 is 0 Å².